The number of aryl methyl sites for hydroxylation is 1. The van der Waals surface area contributed by atoms with E-state index >= 15 is 0 Å². The van der Waals surface area contributed by atoms with Crippen LogP contribution >= 0.6 is 0 Å². The first kappa shape index (κ1) is 8.32. The summed E-state index contributed by atoms with van der Waals surface area (Å²) >= 11 is 0. The number of nitrogens with zero attached hydrogens (tertiary/aromatic N) is 1. The Labute approximate surface area is 77.4 Å². The summed E-state index contributed by atoms with van der Waals surface area (Å²) in [5, 5.41) is 10.3. The molecule has 1 N–H and O–H groups in total. The van der Waals surface area contributed by atoms with Gasteiger partial charge in [0.2, 0.25) is 0 Å². The molecule has 0 radical (unpaired) electrons. The zero-order valence-corrected chi connectivity index (χ0v) is 7.70. The van der Waals surface area contributed by atoms with E-state index in [-0.39, 0.29) is 6.61 Å². The van der Waals surface area contributed by atoms with Crippen LogP contribution in [0.1, 0.15) is 12.6 Å². The zero-order chi connectivity index (χ0) is 9.26. The molecule has 0 spiro atoms. The number of rotatable bonds is 2. The standard InChI is InChI=1S/C11H13NO/c1-2-12-10(8-13)7-9-5-3-4-6-11(9)12/h3-7,13H,2,8H2,1H3. The maximum Gasteiger partial charge on any atom is 0.0833 e. The van der Waals surface area contributed by atoms with Crippen LogP contribution in [-0.2, 0) is 13.2 Å². The Kier molecular flexibility index (Phi) is 2.07. The van der Waals surface area contributed by atoms with Crippen molar-refractivity contribution < 1.29 is 5.11 Å². The molecule has 1 aromatic carbocycles. The second-order valence-electron chi connectivity index (χ2n) is 3.10. The van der Waals surface area contributed by atoms with Crippen LogP contribution in [-0.4, -0.2) is 9.67 Å². The average molecular weight is 175 g/mol. The minimum atomic E-state index is 0.114. The molecule has 1 heterocycles. The van der Waals surface area contributed by atoms with Crippen LogP contribution in [0.5, 0.6) is 0 Å². The summed E-state index contributed by atoms with van der Waals surface area (Å²) in [5.41, 5.74) is 2.19. The van der Waals surface area contributed by atoms with Gasteiger partial charge in [0.05, 0.1) is 6.61 Å². The first-order valence-electron chi connectivity index (χ1n) is 4.55. The fraction of sp³-hybridized carbons (Fsp3) is 0.273. The van der Waals surface area contributed by atoms with Crippen molar-refractivity contribution in [3.05, 3.63) is 36.0 Å². The van der Waals surface area contributed by atoms with Gasteiger partial charge in [-0.3, -0.25) is 0 Å². The number of hydrogen-bond acceptors (Lipinski definition) is 1. The first-order chi connectivity index (χ1) is 6.36. The van der Waals surface area contributed by atoms with Crippen LogP contribution in [0.15, 0.2) is 30.3 Å². The van der Waals surface area contributed by atoms with Crippen molar-refractivity contribution in [2.24, 2.45) is 0 Å². The van der Waals surface area contributed by atoms with Crippen molar-refractivity contribution in [2.45, 2.75) is 20.1 Å². The maximum absolute atomic E-state index is 9.13. The molecular formula is C11H13NO. The number of fused-ring (bicyclic) bond motifs is 1. The van der Waals surface area contributed by atoms with Crippen molar-refractivity contribution in [2.75, 3.05) is 0 Å². The smallest absolute Gasteiger partial charge is 0.0833 e. The molecule has 68 valence electrons. The SMILES string of the molecule is CCn1c(CO)cc2ccccc21. The summed E-state index contributed by atoms with van der Waals surface area (Å²) in [7, 11) is 0. The molecule has 0 aliphatic heterocycles. The summed E-state index contributed by atoms with van der Waals surface area (Å²) in [4.78, 5) is 0. The van der Waals surface area contributed by atoms with Crippen LogP contribution in [0.4, 0.5) is 0 Å². The molecule has 0 amide bonds. The molecule has 13 heavy (non-hydrogen) atoms. The molecule has 2 heteroatoms. The number of benzene rings is 1. The fourth-order valence-corrected chi connectivity index (χ4v) is 1.77. The van der Waals surface area contributed by atoms with Gasteiger partial charge >= 0.3 is 0 Å². The minimum Gasteiger partial charge on any atom is -0.390 e. The van der Waals surface area contributed by atoms with Gasteiger partial charge in [0.25, 0.3) is 0 Å². The third-order valence-corrected chi connectivity index (χ3v) is 2.37. The molecule has 2 aromatic rings. The van der Waals surface area contributed by atoms with Gasteiger partial charge in [-0.05, 0) is 24.4 Å². The van der Waals surface area contributed by atoms with Gasteiger partial charge in [-0.25, -0.2) is 0 Å². The summed E-state index contributed by atoms with van der Waals surface area (Å²) in [5.74, 6) is 0. The number of para-hydroxylation sites is 1. The zero-order valence-electron chi connectivity index (χ0n) is 7.70. The molecule has 0 aliphatic carbocycles. The van der Waals surface area contributed by atoms with Gasteiger partial charge < -0.3 is 9.67 Å². The van der Waals surface area contributed by atoms with E-state index in [1.165, 1.54) is 10.9 Å². The second-order valence-corrected chi connectivity index (χ2v) is 3.10. The first-order valence-corrected chi connectivity index (χ1v) is 4.55. The van der Waals surface area contributed by atoms with Crippen molar-refractivity contribution in [3.63, 3.8) is 0 Å². The van der Waals surface area contributed by atoms with E-state index < -0.39 is 0 Å². The number of aliphatic hydroxyl groups excluding tert-OH is 1. The number of aromatic nitrogens is 1. The monoisotopic (exact) mass is 175 g/mol. The Morgan fingerprint density at radius 2 is 2.08 bits per heavy atom. The molecule has 0 fully saturated rings. The van der Waals surface area contributed by atoms with Gasteiger partial charge in [0.1, 0.15) is 0 Å². The Hall–Kier alpha value is -1.28. The maximum atomic E-state index is 9.13. The highest BCUT2D eigenvalue weighted by Crippen LogP contribution is 2.19. The van der Waals surface area contributed by atoms with Gasteiger partial charge in [-0.1, -0.05) is 18.2 Å². The minimum absolute atomic E-state index is 0.114. The summed E-state index contributed by atoms with van der Waals surface area (Å²) in [6.07, 6.45) is 0. The highest BCUT2D eigenvalue weighted by molar-refractivity contribution is 5.81. The fourth-order valence-electron chi connectivity index (χ4n) is 1.77. The van der Waals surface area contributed by atoms with Crippen LogP contribution in [0.2, 0.25) is 0 Å². The van der Waals surface area contributed by atoms with E-state index in [0.717, 1.165) is 12.2 Å². The predicted octanol–water partition coefficient (Wildman–Crippen LogP) is 2.15. The van der Waals surface area contributed by atoms with E-state index in [1.54, 1.807) is 0 Å². The van der Waals surface area contributed by atoms with E-state index in [9.17, 15) is 0 Å². The van der Waals surface area contributed by atoms with E-state index in [4.69, 9.17) is 5.11 Å². The Balaban J connectivity index is 2.73. The Morgan fingerprint density at radius 1 is 1.31 bits per heavy atom. The molecule has 2 rings (SSSR count). The highest BCUT2D eigenvalue weighted by Gasteiger charge is 2.04. The lowest BCUT2D eigenvalue weighted by Crippen LogP contribution is -1.99. The van der Waals surface area contributed by atoms with Crippen LogP contribution in [0, 0.1) is 0 Å². The van der Waals surface area contributed by atoms with Gasteiger partial charge in [-0.2, -0.15) is 0 Å². The van der Waals surface area contributed by atoms with Crippen molar-refractivity contribution in [1.29, 1.82) is 0 Å². The molecule has 0 saturated carbocycles. The van der Waals surface area contributed by atoms with Crippen molar-refractivity contribution >= 4 is 10.9 Å². The largest absolute Gasteiger partial charge is 0.390 e. The van der Waals surface area contributed by atoms with E-state index in [1.807, 2.05) is 18.2 Å². The number of aliphatic hydroxyl groups is 1. The lowest BCUT2D eigenvalue weighted by atomic mass is 10.2. The lowest BCUT2D eigenvalue weighted by molar-refractivity contribution is 0.272. The third kappa shape index (κ3) is 1.23. The van der Waals surface area contributed by atoms with Crippen molar-refractivity contribution in [3.8, 4) is 0 Å². The average Bonchev–Trinajstić information content (AvgIpc) is 2.55. The van der Waals surface area contributed by atoms with Gasteiger partial charge in [-0.15, -0.1) is 0 Å². The Bertz CT molecular complexity index is 417. The molecule has 0 atom stereocenters. The van der Waals surface area contributed by atoms with Crippen LogP contribution in [0.3, 0.4) is 0 Å². The molecule has 1 aromatic heterocycles. The molecule has 2 nitrogen and oxygen atoms in total. The van der Waals surface area contributed by atoms with E-state index in [2.05, 4.69) is 23.6 Å². The summed E-state index contributed by atoms with van der Waals surface area (Å²) in [6, 6.07) is 10.2. The van der Waals surface area contributed by atoms with Gasteiger partial charge in [0.15, 0.2) is 0 Å². The van der Waals surface area contributed by atoms with E-state index in [0.29, 0.717) is 0 Å². The summed E-state index contributed by atoms with van der Waals surface area (Å²) < 4.78 is 2.13. The second kappa shape index (κ2) is 3.23. The third-order valence-electron chi connectivity index (χ3n) is 2.37. The Morgan fingerprint density at radius 3 is 2.77 bits per heavy atom. The van der Waals surface area contributed by atoms with Crippen molar-refractivity contribution in [1.82, 2.24) is 4.57 Å². The predicted molar refractivity (Wildman–Crippen MR) is 53.5 cm³/mol. The molecule has 0 unspecified atom stereocenters. The van der Waals surface area contributed by atoms with Crippen LogP contribution < -0.4 is 0 Å². The molecule has 0 aliphatic rings. The van der Waals surface area contributed by atoms with Gasteiger partial charge in [0, 0.05) is 17.8 Å². The lowest BCUT2D eigenvalue weighted by Gasteiger charge is -2.04. The molecular weight excluding hydrogens is 162 g/mol. The highest BCUT2D eigenvalue weighted by atomic mass is 16.3. The molecule has 0 saturated heterocycles. The van der Waals surface area contributed by atoms with Crippen LogP contribution in [0.25, 0.3) is 10.9 Å². The normalized spacial score (nSPS) is 10.9. The molecule has 0 bridgehead atoms. The summed E-state index contributed by atoms with van der Waals surface area (Å²) in [6.45, 7) is 3.11. The number of hydrogen-bond donors (Lipinski definition) is 1. The topological polar surface area (TPSA) is 25.2 Å². The quantitative estimate of drug-likeness (QED) is 0.743.